The molecule has 2 unspecified atom stereocenters. The Bertz CT molecular complexity index is 618. The molecule has 0 aliphatic rings. The average Bonchev–Trinajstić information content (AvgIpc) is 2.52. The molecule has 0 aliphatic carbocycles. The van der Waals surface area contributed by atoms with Gasteiger partial charge < -0.3 is 9.84 Å². The van der Waals surface area contributed by atoms with Crippen molar-refractivity contribution in [1.29, 1.82) is 0 Å². The molecule has 0 rings (SSSR count). The van der Waals surface area contributed by atoms with Crippen molar-refractivity contribution in [2.24, 2.45) is 0 Å². The number of esters is 1. The summed E-state index contributed by atoms with van der Waals surface area (Å²) in [6, 6.07) is 0. The zero-order valence-corrected chi connectivity index (χ0v) is 12.9. The standard InChI is InChI=1S/C12H8F12O4/c1-3(2-4(25)26)7(27)28-8(16)10(19,20)12(23,24)11(21,22)9(17,18)5(13)6(14)15/h5-6,8H,1-2H2,(H,25,26). The smallest absolute Gasteiger partial charge is 0.385 e. The highest BCUT2D eigenvalue weighted by molar-refractivity contribution is 5.92. The average molecular weight is 444 g/mol. The van der Waals surface area contributed by atoms with Crippen LogP contribution in [0.4, 0.5) is 52.7 Å². The predicted molar refractivity (Wildman–Crippen MR) is 63.1 cm³/mol. The number of alkyl halides is 12. The summed E-state index contributed by atoms with van der Waals surface area (Å²) in [6.45, 7) is 2.57. The van der Waals surface area contributed by atoms with E-state index in [1.54, 1.807) is 0 Å². The maximum Gasteiger partial charge on any atom is 0.385 e. The summed E-state index contributed by atoms with van der Waals surface area (Å²) in [5, 5.41) is 8.24. The molecule has 164 valence electrons. The van der Waals surface area contributed by atoms with Crippen LogP contribution in [0.5, 0.6) is 0 Å². The van der Waals surface area contributed by atoms with Gasteiger partial charge in [0.05, 0.1) is 6.42 Å². The van der Waals surface area contributed by atoms with Crippen molar-refractivity contribution in [1.82, 2.24) is 0 Å². The van der Waals surface area contributed by atoms with Crippen molar-refractivity contribution in [3.05, 3.63) is 12.2 Å². The van der Waals surface area contributed by atoms with Gasteiger partial charge in [0, 0.05) is 5.57 Å². The lowest BCUT2D eigenvalue weighted by Gasteiger charge is -2.38. The molecular weight excluding hydrogens is 436 g/mol. The van der Waals surface area contributed by atoms with Gasteiger partial charge in [0.25, 0.3) is 6.43 Å². The second kappa shape index (κ2) is 8.06. The predicted octanol–water partition coefficient (Wildman–Crippen LogP) is 4.00. The lowest BCUT2D eigenvalue weighted by molar-refractivity contribution is -0.399. The van der Waals surface area contributed by atoms with Crippen molar-refractivity contribution in [2.75, 3.05) is 0 Å². The summed E-state index contributed by atoms with van der Waals surface area (Å²) in [7, 11) is 0. The molecule has 0 radical (unpaired) electrons. The third kappa shape index (κ3) is 4.45. The largest absolute Gasteiger partial charge is 0.481 e. The quantitative estimate of drug-likeness (QED) is 0.315. The van der Waals surface area contributed by atoms with E-state index >= 15 is 0 Å². The molecule has 4 nitrogen and oxygen atoms in total. The number of hydrogen-bond acceptors (Lipinski definition) is 3. The molecule has 28 heavy (non-hydrogen) atoms. The topological polar surface area (TPSA) is 63.6 Å². The molecule has 0 aromatic rings. The fourth-order valence-corrected chi connectivity index (χ4v) is 1.40. The minimum Gasteiger partial charge on any atom is -0.481 e. The Morgan fingerprint density at radius 2 is 1.25 bits per heavy atom. The molecule has 0 saturated carbocycles. The second-order valence-electron chi connectivity index (χ2n) is 5.03. The van der Waals surface area contributed by atoms with Gasteiger partial charge >= 0.3 is 42.0 Å². The van der Waals surface area contributed by atoms with Crippen molar-refractivity contribution in [2.45, 2.75) is 49.1 Å². The maximum atomic E-state index is 13.3. The van der Waals surface area contributed by atoms with Gasteiger partial charge in [0.15, 0.2) is 0 Å². The van der Waals surface area contributed by atoms with Gasteiger partial charge in [-0.2, -0.15) is 39.5 Å². The van der Waals surface area contributed by atoms with E-state index in [1.165, 1.54) is 0 Å². The zero-order valence-electron chi connectivity index (χ0n) is 12.9. The fraction of sp³-hybridized carbons (Fsp3) is 0.667. The SMILES string of the molecule is C=C(CC(=O)O)C(=O)OC(F)C(F)(F)C(F)(F)C(F)(F)C(F)(F)C(F)C(F)F. The van der Waals surface area contributed by atoms with E-state index in [4.69, 9.17) is 5.11 Å². The van der Waals surface area contributed by atoms with Crippen LogP contribution in [0.1, 0.15) is 6.42 Å². The Balaban J connectivity index is 5.81. The van der Waals surface area contributed by atoms with E-state index < -0.39 is 66.6 Å². The summed E-state index contributed by atoms with van der Waals surface area (Å²) in [6.07, 6.45) is -16.9. The van der Waals surface area contributed by atoms with Gasteiger partial charge in [-0.3, -0.25) is 4.79 Å². The number of carbonyl (C=O) groups excluding carboxylic acids is 1. The third-order valence-electron chi connectivity index (χ3n) is 2.95. The van der Waals surface area contributed by atoms with E-state index in [-0.39, 0.29) is 0 Å². The molecule has 0 aromatic heterocycles. The molecule has 0 heterocycles. The van der Waals surface area contributed by atoms with Gasteiger partial charge in [-0.1, -0.05) is 6.58 Å². The van der Waals surface area contributed by atoms with E-state index in [0.29, 0.717) is 0 Å². The van der Waals surface area contributed by atoms with Crippen molar-refractivity contribution in [3.8, 4) is 0 Å². The summed E-state index contributed by atoms with van der Waals surface area (Å²) >= 11 is 0. The van der Waals surface area contributed by atoms with E-state index in [9.17, 15) is 62.3 Å². The minimum atomic E-state index is -7.59. The van der Waals surface area contributed by atoms with Gasteiger partial charge in [0.2, 0.25) is 6.17 Å². The molecule has 0 saturated heterocycles. The van der Waals surface area contributed by atoms with Crippen molar-refractivity contribution < 1.29 is 72.1 Å². The van der Waals surface area contributed by atoms with Crippen LogP contribution in [0.15, 0.2) is 12.2 Å². The minimum absolute atomic E-state index is 1.34. The zero-order chi connectivity index (χ0) is 22.9. The van der Waals surface area contributed by atoms with Crippen LogP contribution in [0, 0.1) is 0 Å². The Kier molecular flexibility index (Phi) is 7.44. The summed E-state index contributed by atoms with van der Waals surface area (Å²) in [5.41, 5.74) is -1.34. The number of carbonyl (C=O) groups is 2. The second-order valence-corrected chi connectivity index (χ2v) is 5.03. The summed E-state index contributed by atoms with van der Waals surface area (Å²) < 4.78 is 158. The monoisotopic (exact) mass is 444 g/mol. The molecule has 1 N–H and O–H groups in total. The van der Waals surface area contributed by atoms with Gasteiger partial charge in [-0.05, 0) is 0 Å². The number of aliphatic carboxylic acids is 1. The molecule has 0 aliphatic heterocycles. The molecule has 16 heteroatoms. The highest BCUT2D eigenvalue weighted by Gasteiger charge is 2.85. The maximum absolute atomic E-state index is 13.3. The third-order valence-corrected chi connectivity index (χ3v) is 2.95. The Morgan fingerprint density at radius 3 is 1.61 bits per heavy atom. The highest BCUT2D eigenvalue weighted by atomic mass is 19.4. The van der Waals surface area contributed by atoms with Crippen LogP contribution in [-0.4, -0.2) is 59.7 Å². The van der Waals surface area contributed by atoms with Gasteiger partial charge in [0.1, 0.15) is 0 Å². The molecular formula is C12H8F12O4. The molecule has 0 fully saturated rings. The Labute approximate surface area is 146 Å². The van der Waals surface area contributed by atoms with Gasteiger partial charge in [-0.15, -0.1) is 0 Å². The molecule has 0 amide bonds. The lowest BCUT2D eigenvalue weighted by Crippen LogP contribution is -2.67. The molecule has 0 aromatic carbocycles. The van der Waals surface area contributed by atoms with Crippen LogP contribution < -0.4 is 0 Å². The molecule has 2 atom stereocenters. The first-order valence-electron chi connectivity index (χ1n) is 6.43. The number of rotatable bonds is 10. The Hall–Kier alpha value is -2.16. The number of halogens is 12. The lowest BCUT2D eigenvalue weighted by atomic mass is 9.95. The number of carboxylic acids is 1. The van der Waals surface area contributed by atoms with Crippen LogP contribution in [0.2, 0.25) is 0 Å². The number of hydrogen-bond donors (Lipinski definition) is 1. The first-order chi connectivity index (χ1) is 12.2. The van der Waals surface area contributed by atoms with E-state index in [0.717, 1.165) is 0 Å². The van der Waals surface area contributed by atoms with Crippen LogP contribution >= 0.6 is 0 Å². The first kappa shape index (κ1) is 25.8. The fourth-order valence-electron chi connectivity index (χ4n) is 1.40. The first-order valence-corrected chi connectivity index (χ1v) is 6.43. The number of carboxylic acid groups (broad SMARTS) is 1. The van der Waals surface area contributed by atoms with Crippen molar-refractivity contribution >= 4 is 11.9 Å². The van der Waals surface area contributed by atoms with Crippen molar-refractivity contribution in [3.63, 3.8) is 0 Å². The van der Waals surface area contributed by atoms with Crippen LogP contribution in [0.3, 0.4) is 0 Å². The Morgan fingerprint density at radius 1 is 0.857 bits per heavy atom. The summed E-state index contributed by atoms with van der Waals surface area (Å²) in [5.74, 6) is -33.6. The normalized spacial score (nSPS) is 15.9. The van der Waals surface area contributed by atoms with Crippen LogP contribution in [-0.2, 0) is 14.3 Å². The molecule has 0 bridgehead atoms. The van der Waals surface area contributed by atoms with E-state index in [2.05, 4.69) is 11.3 Å². The number of ether oxygens (including phenoxy) is 1. The van der Waals surface area contributed by atoms with Crippen LogP contribution in [0.25, 0.3) is 0 Å². The molecule has 0 spiro atoms. The summed E-state index contributed by atoms with van der Waals surface area (Å²) in [4.78, 5) is 21.2. The highest BCUT2D eigenvalue weighted by Crippen LogP contribution is 2.56. The van der Waals surface area contributed by atoms with Gasteiger partial charge in [-0.25, -0.2) is 18.0 Å². The van der Waals surface area contributed by atoms with E-state index in [1.807, 2.05) is 0 Å².